The Labute approximate surface area is 156 Å². The number of nitrogen functional groups attached to an aromatic ring is 1. The van der Waals surface area contributed by atoms with Crippen molar-refractivity contribution >= 4 is 39.4 Å². The second kappa shape index (κ2) is 7.70. The molecule has 0 saturated heterocycles. The standard InChI is InChI=1S/C19H16N4.C2H4O2/c1-21-14-8-10-17-19(12-14)23(15-5-3-2-4-6-15)18-11-13(20)7-9-16(18)22-17;1-2(3)4/h2-12H,1H3,(H2,20,21);1H3,(H,3,4). The van der Waals surface area contributed by atoms with Crippen LogP contribution in [0.2, 0.25) is 0 Å². The van der Waals surface area contributed by atoms with Gasteiger partial charge >= 0.3 is 0 Å². The monoisotopic (exact) mass is 360 g/mol. The van der Waals surface area contributed by atoms with Gasteiger partial charge in [0.15, 0.2) is 0 Å². The maximum absolute atomic E-state index is 8.89. The van der Waals surface area contributed by atoms with Crippen LogP contribution in [0.25, 0.3) is 27.8 Å². The van der Waals surface area contributed by atoms with Gasteiger partial charge in [-0.1, -0.05) is 18.2 Å². The van der Waals surface area contributed by atoms with Crippen LogP contribution in [0.1, 0.15) is 6.92 Å². The van der Waals surface area contributed by atoms with Gasteiger partial charge in [-0.2, -0.15) is 0 Å². The summed E-state index contributed by atoms with van der Waals surface area (Å²) in [6.45, 7) is 0.972. The van der Waals surface area contributed by atoms with Crippen LogP contribution in [-0.2, 0) is 4.79 Å². The molecule has 6 nitrogen and oxygen atoms in total. The molecule has 0 saturated carbocycles. The van der Waals surface area contributed by atoms with Gasteiger partial charge in [-0.05, 0) is 31.2 Å². The van der Waals surface area contributed by atoms with Gasteiger partial charge < -0.3 is 21.0 Å². The van der Waals surface area contributed by atoms with E-state index in [4.69, 9.17) is 20.6 Å². The molecule has 0 aliphatic carbocycles. The number of anilines is 2. The number of hydrogen-bond acceptors (Lipinski definition) is 5. The molecule has 0 spiro atoms. The number of nitrogens with one attached hydrogen (secondary N) is 1. The number of benzene rings is 3. The van der Waals surface area contributed by atoms with Crippen molar-refractivity contribution in [2.24, 2.45) is 0 Å². The molecule has 0 aliphatic rings. The second-order valence-electron chi connectivity index (χ2n) is 5.98. The molecule has 6 heteroatoms. The van der Waals surface area contributed by atoms with E-state index in [1.165, 1.54) is 0 Å². The van der Waals surface area contributed by atoms with E-state index in [0.717, 1.165) is 46.1 Å². The Balaban J connectivity index is 0.000000481. The van der Waals surface area contributed by atoms with Gasteiger partial charge in [-0.25, -0.2) is 4.98 Å². The highest BCUT2D eigenvalue weighted by Gasteiger charge is 2.19. The average Bonchev–Trinajstić information content (AvgIpc) is 2.66. The summed E-state index contributed by atoms with van der Waals surface area (Å²) in [7, 11) is 1.92. The van der Waals surface area contributed by atoms with Crippen molar-refractivity contribution < 1.29 is 14.5 Å². The molecule has 3 aromatic carbocycles. The second-order valence-corrected chi connectivity index (χ2v) is 5.98. The molecule has 4 rings (SSSR count). The summed E-state index contributed by atoms with van der Waals surface area (Å²) in [6.07, 6.45) is 0. The van der Waals surface area contributed by atoms with Crippen molar-refractivity contribution in [3.05, 3.63) is 66.7 Å². The first-order chi connectivity index (χ1) is 13.0. The summed E-state index contributed by atoms with van der Waals surface area (Å²) >= 11 is 0. The average molecular weight is 360 g/mol. The fourth-order valence-corrected chi connectivity index (χ4v) is 2.88. The van der Waals surface area contributed by atoms with E-state index in [-0.39, 0.29) is 0 Å². The molecular weight excluding hydrogens is 340 g/mol. The highest BCUT2D eigenvalue weighted by Crippen LogP contribution is 2.21. The molecule has 27 heavy (non-hydrogen) atoms. The number of carbonyl (C=O) groups is 1. The number of aromatic nitrogens is 2. The third-order valence-corrected chi connectivity index (χ3v) is 4.00. The molecule has 136 valence electrons. The van der Waals surface area contributed by atoms with Crippen molar-refractivity contribution in [1.82, 2.24) is 4.98 Å². The number of fused-ring (bicyclic) bond motifs is 2. The van der Waals surface area contributed by atoms with E-state index < -0.39 is 5.97 Å². The largest absolute Gasteiger partial charge is 0.550 e. The Morgan fingerprint density at radius 2 is 1.59 bits per heavy atom. The molecule has 1 aromatic heterocycles. The lowest BCUT2D eigenvalue weighted by Crippen LogP contribution is -2.33. The van der Waals surface area contributed by atoms with Gasteiger partial charge in [0, 0.05) is 48.7 Å². The molecule has 3 N–H and O–H groups in total. The Hall–Kier alpha value is -3.67. The molecule has 0 amide bonds. The van der Waals surface area contributed by atoms with Gasteiger partial charge in [0.05, 0.1) is 0 Å². The Kier molecular flexibility index (Phi) is 5.17. The summed E-state index contributed by atoms with van der Waals surface area (Å²) in [5.41, 5.74) is 12.8. The van der Waals surface area contributed by atoms with Crippen LogP contribution in [0.3, 0.4) is 0 Å². The minimum absolute atomic E-state index is 0.730. The van der Waals surface area contributed by atoms with Crippen molar-refractivity contribution in [1.29, 1.82) is 0 Å². The minimum atomic E-state index is -1.08. The van der Waals surface area contributed by atoms with Gasteiger partial charge in [-0.3, -0.25) is 0 Å². The van der Waals surface area contributed by atoms with Crippen molar-refractivity contribution in [2.45, 2.75) is 6.92 Å². The lowest BCUT2D eigenvalue weighted by molar-refractivity contribution is -0.538. The molecule has 0 bridgehead atoms. The van der Waals surface area contributed by atoms with Crippen LogP contribution in [0.4, 0.5) is 11.4 Å². The zero-order valence-electron chi connectivity index (χ0n) is 15.1. The van der Waals surface area contributed by atoms with Crippen LogP contribution in [-0.4, -0.2) is 18.0 Å². The normalized spacial score (nSPS) is 10.3. The van der Waals surface area contributed by atoms with Crippen molar-refractivity contribution in [3.63, 3.8) is 0 Å². The van der Waals surface area contributed by atoms with Crippen molar-refractivity contribution in [3.8, 4) is 5.69 Å². The summed E-state index contributed by atoms with van der Waals surface area (Å²) in [6, 6.07) is 22.3. The van der Waals surface area contributed by atoms with Crippen LogP contribution in [0, 0.1) is 0 Å². The van der Waals surface area contributed by atoms with Gasteiger partial charge in [0.2, 0.25) is 16.7 Å². The Morgan fingerprint density at radius 3 is 2.22 bits per heavy atom. The van der Waals surface area contributed by atoms with E-state index in [2.05, 4.69) is 28.1 Å². The zero-order valence-corrected chi connectivity index (χ0v) is 15.1. The molecule has 0 atom stereocenters. The topological polar surface area (TPSA) is 94.9 Å². The molecular formula is C21H20N4O2. The van der Waals surface area contributed by atoms with E-state index in [0.29, 0.717) is 0 Å². The SMILES string of the molecule is CC(=O)[O-].CNc1ccc2nc3ccc(N)cc3[n+](-c3ccccc3)c2c1. The first-order valence-electron chi connectivity index (χ1n) is 8.45. The molecule has 0 aliphatic heterocycles. The summed E-state index contributed by atoms with van der Waals surface area (Å²) in [4.78, 5) is 13.7. The number of hydrogen-bond donors (Lipinski definition) is 2. The Bertz CT molecular complexity index is 1110. The number of rotatable bonds is 2. The van der Waals surface area contributed by atoms with Gasteiger partial charge in [0.25, 0.3) is 0 Å². The summed E-state index contributed by atoms with van der Waals surface area (Å²) in [5.74, 6) is -1.08. The predicted octanol–water partition coefficient (Wildman–Crippen LogP) is 2.04. The summed E-state index contributed by atoms with van der Waals surface area (Å²) in [5, 5.41) is 12.1. The maximum atomic E-state index is 8.89. The molecule has 0 unspecified atom stereocenters. The predicted molar refractivity (Wildman–Crippen MR) is 105 cm³/mol. The van der Waals surface area contributed by atoms with E-state index in [9.17, 15) is 0 Å². The van der Waals surface area contributed by atoms with Crippen LogP contribution < -0.4 is 20.7 Å². The lowest BCUT2D eigenvalue weighted by atomic mass is 10.2. The van der Waals surface area contributed by atoms with Crippen LogP contribution in [0.5, 0.6) is 0 Å². The minimum Gasteiger partial charge on any atom is -0.550 e. The molecule has 1 heterocycles. The van der Waals surface area contributed by atoms with E-state index in [1.54, 1.807) is 0 Å². The fourth-order valence-electron chi connectivity index (χ4n) is 2.88. The van der Waals surface area contributed by atoms with Crippen LogP contribution in [0.15, 0.2) is 66.7 Å². The smallest absolute Gasteiger partial charge is 0.239 e. The first kappa shape index (κ1) is 18.1. The van der Waals surface area contributed by atoms with E-state index in [1.807, 2.05) is 55.6 Å². The number of carboxylic acid groups (broad SMARTS) is 1. The van der Waals surface area contributed by atoms with Crippen LogP contribution >= 0.6 is 0 Å². The number of aliphatic carboxylic acids is 1. The molecule has 0 fully saturated rings. The number of carboxylic acids is 1. The molecule has 4 aromatic rings. The van der Waals surface area contributed by atoms with Gasteiger partial charge in [-0.15, -0.1) is 4.57 Å². The third-order valence-electron chi connectivity index (χ3n) is 4.00. The number of para-hydroxylation sites is 1. The van der Waals surface area contributed by atoms with Crippen molar-refractivity contribution in [2.75, 3.05) is 18.1 Å². The number of nitrogens with zero attached hydrogens (tertiary/aromatic N) is 2. The van der Waals surface area contributed by atoms with Gasteiger partial charge in [0.1, 0.15) is 11.0 Å². The number of nitrogens with two attached hydrogens (primary N) is 1. The quantitative estimate of drug-likeness (QED) is 0.324. The summed E-state index contributed by atoms with van der Waals surface area (Å²) < 4.78 is 2.20. The first-order valence-corrected chi connectivity index (χ1v) is 8.45. The zero-order chi connectivity index (χ0) is 19.4. The fraction of sp³-hybridized carbons (Fsp3) is 0.0952. The van der Waals surface area contributed by atoms with E-state index >= 15 is 0 Å². The highest BCUT2D eigenvalue weighted by molar-refractivity contribution is 5.85. The number of carbonyl (C=O) groups excluding carboxylic acids is 1. The Morgan fingerprint density at radius 1 is 1.00 bits per heavy atom. The highest BCUT2D eigenvalue weighted by atomic mass is 16.4. The third kappa shape index (κ3) is 3.95. The molecule has 0 radical (unpaired) electrons. The maximum Gasteiger partial charge on any atom is 0.239 e. The lowest BCUT2D eigenvalue weighted by Gasteiger charge is -2.07.